The number of hydrogen-bond donors (Lipinski definition) is 2. The van der Waals surface area contributed by atoms with Crippen LogP contribution in [0.1, 0.15) is 6.92 Å². The van der Waals surface area contributed by atoms with Gasteiger partial charge in [0.15, 0.2) is 0 Å². The fraction of sp³-hybridized carbons (Fsp3) is 0.500. The maximum atomic E-state index is 11.8. The minimum absolute atomic E-state index is 0.0339. The van der Waals surface area contributed by atoms with E-state index in [-0.39, 0.29) is 13.2 Å². The molecule has 19 heavy (non-hydrogen) atoms. The summed E-state index contributed by atoms with van der Waals surface area (Å²) in [7, 11) is 0. The van der Waals surface area contributed by atoms with Gasteiger partial charge in [-0.25, -0.2) is 0 Å². The third kappa shape index (κ3) is 6.19. The molecule has 0 amide bonds. The molecule has 0 aliphatic heterocycles. The van der Waals surface area contributed by atoms with Crippen LogP contribution in [0.3, 0.4) is 0 Å². The number of nitrogen functional groups attached to an aromatic ring is 1. The normalized spacial score (nSPS) is 11.4. The van der Waals surface area contributed by atoms with E-state index in [0.29, 0.717) is 23.7 Å². The Hall–Kier alpha value is -1.63. The van der Waals surface area contributed by atoms with E-state index < -0.39 is 12.8 Å². The highest BCUT2D eigenvalue weighted by Gasteiger charge is 2.27. The summed E-state index contributed by atoms with van der Waals surface area (Å²) in [5, 5.41) is 2.93. The van der Waals surface area contributed by atoms with Crippen LogP contribution in [-0.4, -0.2) is 32.5 Å². The molecule has 0 bridgehead atoms. The number of alkyl halides is 3. The van der Waals surface area contributed by atoms with Crippen molar-refractivity contribution in [2.75, 3.05) is 37.4 Å². The fourth-order valence-electron chi connectivity index (χ4n) is 1.38. The summed E-state index contributed by atoms with van der Waals surface area (Å²) in [6, 6.07) is 5.09. The van der Waals surface area contributed by atoms with E-state index in [9.17, 15) is 13.2 Å². The number of rotatable bonds is 7. The average molecular weight is 278 g/mol. The topological polar surface area (TPSA) is 56.5 Å². The van der Waals surface area contributed by atoms with Gasteiger partial charge in [0, 0.05) is 18.3 Å². The van der Waals surface area contributed by atoms with Crippen molar-refractivity contribution in [2.24, 2.45) is 0 Å². The maximum Gasteiger partial charge on any atom is 0.411 e. The summed E-state index contributed by atoms with van der Waals surface area (Å²) >= 11 is 0. The molecule has 4 nitrogen and oxygen atoms in total. The molecular weight excluding hydrogens is 261 g/mol. The molecule has 108 valence electrons. The molecule has 0 heterocycles. The number of nitrogens with two attached hydrogens (primary N) is 1. The Morgan fingerprint density at radius 1 is 1.32 bits per heavy atom. The van der Waals surface area contributed by atoms with Crippen LogP contribution in [0, 0.1) is 0 Å². The number of hydrogen-bond acceptors (Lipinski definition) is 4. The first kappa shape index (κ1) is 15.4. The van der Waals surface area contributed by atoms with E-state index in [1.54, 1.807) is 18.2 Å². The zero-order valence-corrected chi connectivity index (χ0v) is 10.6. The van der Waals surface area contributed by atoms with Crippen LogP contribution < -0.4 is 15.8 Å². The molecule has 1 rings (SSSR count). The SMILES string of the molecule is CCOc1cc(NCCOCC(F)(F)F)ccc1N. The summed E-state index contributed by atoms with van der Waals surface area (Å²) in [5.74, 6) is 0.545. The van der Waals surface area contributed by atoms with Gasteiger partial charge in [-0.1, -0.05) is 0 Å². The van der Waals surface area contributed by atoms with Gasteiger partial charge in [0.25, 0.3) is 0 Å². The second kappa shape index (κ2) is 7.08. The smallest absolute Gasteiger partial charge is 0.411 e. The van der Waals surface area contributed by atoms with Crippen molar-refractivity contribution in [3.63, 3.8) is 0 Å². The van der Waals surface area contributed by atoms with Gasteiger partial charge in [-0.05, 0) is 19.1 Å². The van der Waals surface area contributed by atoms with Gasteiger partial charge in [0.05, 0.1) is 18.9 Å². The Bertz CT molecular complexity index is 397. The third-order valence-electron chi connectivity index (χ3n) is 2.15. The Morgan fingerprint density at radius 3 is 2.68 bits per heavy atom. The van der Waals surface area contributed by atoms with E-state index in [4.69, 9.17) is 10.5 Å². The first-order valence-corrected chi connectivity index (χ1v) is 5.83. The lowest BCUT2D eigenvalue weighted by molar-refractivity contribution is -0.172. The fourth-order valence-corrected chi connectivity index (χ4v) is 1.38. The van der Waals surface area contributed by atoms with Crippen LogP contribution >= 0.6 is 0 Å². The van der Waals surface area contributed by atoms with Crippen molar-refractivity contribution >= 4 is 11.4 Å². The predicted molar refractivity (Wildman–Crippen MR) is 67.4 cm³/mol. The van der Waals surface area contributed by atoms with Crippen molar-refractivity contribution < 1.29 is 22.6 Å². The lowest BCUT2D eigenvalue weighted by atomic mass is 10.2. The molecular formula is C12H17F3N2O2. The molecule has 0 saturated carbocycles. The first-order chi connectivity index (χ1) is 8.92. The number of nitrogens with one attached hydrogen (secondary N) is 1. The Balaban J connectivity index is 2.35. The van der Waals surface area contributed by atoms with Crippen LogP contribution in [0.15, 0.2) is 18.2 Å². The predicted octanol–water partition coefficient (Wildman–Crippen LogP) is 2.66. The second-order valence-corrected chi connectivity index (χ2v) is 3.78. The molecule has 0 aromatic heterocycles. The number of ether oxygens (including phenoxy) is 2. The zero-order valence-electron chi connectivity index (χ0n) is 10.6. The number of halogens is 3. The lowest BCUT2D eigenvalue weighted by Crippen LogP contribution is -2.20. The van der Waals surface area contributed by atoms with E-state index in [2.05, 4.69) is 10.1 Å². The van der Waals surface area contributed by atoms with Gasteiger partial charge < -0.3 is 20.5 Å². The summed E-state index contributed by atoms with van der Waals surface area (Å²) in [6.45, 7) is 1.33. The van der Waals surface area contributed by atoms with Crippen LogP contribution in [0.25, 0.3) is 0 Å². The molecule has 3 N–H and O–H groups in total. The summed E-state index contributed by atoms with van der Waals surface area (Å²) < 4.78 is 45.2. The minimum atomic E-state index is -4.29. The van der Waals surface area contributed by atoms with Crippen molar-refractivity contribution in [3.8, 4) is 5.75 Å². The van der Waals surface area contributed by atoms with Crippen molar-refractivity contribution in [3.05, 3.63) is 18.2 Å². The molecule has 0 radical (unpaired) electrons. The van der Waals surface area contributed by atoms with Gasteiger partial charge >= 0.3 is 6.18 Å². The van der Waals surface area contributed by atoms with Gasteiger partial charge in [-0.15, -0.1) is 0 Å². The lowest BCUT2D eigenvalue weighted by Gasteiger charge is -2.12. The van der Waals surface area contributed by atoms with Crippen molar-refractivity contribution in [1.29, 1.82) is 0 Å². The van der Waals surface area contributed by atoms with Crippen molar-refractivity contribution in [1.82, 2.24) is 0 Å². The van der Waals surface area contributed by atoms with Crippen LogP contribution in [0.4, 0.5) is 24.5 Å². The molecule has 0 aliphatic rings. The van der Waals surface area contributed by atoms with Gasteiger partial charge in [-0.2, -0.15) is 13.2 Å². The van der Waals surface area contributed by atoms with Gasteiger partial charge in [-0.3, -0.25) is 0 Å². The summed E-state index contributed by atoms with van der Waals surface area (Å²) in [5.41, 5.74) is 6.93. The highest BCUT2D eigenvalue weighted by molar-refractivity contribution is 5.61. The van der Waals surface area contributed by atoms with Gasteiger partial charge in [0.1, 0.15) is 12.4 Å². The molecule has 0 spiro atoms. The van der Waals surface area contributed by atoms with Gasteiger partial charge in [0.2, 0.25) is 0 Å². The standard InChI is InChI=1S/C12H17F3N2O2/c1-2-19-11-7-9(3-4-10(11)16)17-5-6-18-8-12(13,14)15/h3-4,7,17H,2,5-6,8,16H2,1H3. The summed E-state index contributed by atoms with van der Waals surface area (Å²) in [4.78, 5) is 0. The third-order valence-corrected chi connectivity index (χ3v) is 2.15. The van der Waals surface area contributed by atoms with E-state index in [1.807, 2.05) is 6.92 Å². The summed E-state index contributed by atoms with van der Waals surface area (Å²) in [6.07, 6.45) is -4.29. The number of benzene rings is 1. The largest absolute Gasteiger partial charge is 0.492 e. The van der Waals surface area contributed by atoms with Crippen LogP contribution in [0.5, 0.6) is 5.75 Å². The average Bonchev–Trinajstić information content (AvgIpc) is 2.31. The maximum absolute atomic E-state index is 11.8. The van der Waals surface area contributed by atoms with Crippen molar-refractivity contribution in [2.45, 2.75) is 13.1 Å². The molecule has 0 unspecified atom stereocenters. The second-order valence-electron chi connectivity index (χ2n) is 3.78. The highest BCUT2D eigenvalue weighted by Crippen LogP contribution is 2.25. The molecule has 0 aliphatic carbocycles. The quantitative estimate of drug-likeness (QED) is 0.594. The molecule has 0 atom stereocenters. The van der Waals surface area contributed by atoms with Crippen LogP contribution in [-0.2, 0) is 4.74 Å². The Kier molecular flexibility index (Phi) is 5.75. The zero-order chi connectivity index (χ0) is 14.3. The number of anilines is 2. The molecule has 0 fully saturated rings. The Labute approximate surface area is 109 Å². The first-order valence-electron chi connectivity index (χ1n) is 5.83. The minimum Gasteiger partial charge on any atom is -0.492 e. The van der Waals surface area contributed by atoms with Crippen LogP contribution in [0.2, 0.25) is 0 Å². The molecule has 7 heteroatoms. The van der Waals surface area contributed by atoms with E-state index in [1.165, 1.54) is 0 Å². The molecule has 0 saturated heterocycles. The van der Waals surface area contributed by atoms with E-state index >= 15 is 0 Å². The molecule has 1 aromatic rings. The molecule has 1 aromatic carbocycles. The monoisotopic (exact) mass is 278 g/mol. The highest BCUT2D eigenvalue weighted by atomic mass is 19.4. The van der Waals surface area contributed by atoms with E-state index in [0.717, 1.165) is 0 Å². The Morgan fingerprint density at radius 2 is 2.05 bits per heavy atom.